The molecule has 0 aliphatic heterocycles. The second-order valence-corrected chi connectivity index (χ2v) is 9.10. The Morgan fingerprint density at radius 2 is 1.88 bits per heavy atom. The van der Waals surface area contributed by atoms with Crippen molar-refractivity contribution in [2.24, 2.45) is 5.10 Å². The largest absolute Gasteiger partial charge is 0.298 e. The topological polar surface area (TPSA) is 72.2 Å². The van der Waals surface area contributed by atoms with Crippen molar-refractivity contribution in [3.8, 4) is 11.4 Å². The summed E-state index contributed by atoms with van der Waals surface area (Å²) in [7, 11) is 0. The lowest BCUT2D eigenvalue weighted by atomic mass is 10.1. The summed E-state index contributed by atoms with van der Waals surface area (Å²) in [6.07, 6.45) is 3.62. The van der Waals surface area contributed by atoms with E-state index >= 15 is 0 Å². The van der Waals surface area contributed by atoms with Gasteiger partial charge in [0.15, 0.2) is 11.0 Å². The minimum absolute atomic E-state index is 0.174. The van der Waals surface area contributed by atoms with Gasteiger partial charge in [-0.05, 0) is 37.1 Å². The van der Waals surface area contributed by atoms with Crippen LogP contribution in [0.15, 0.2) is 87.1 Å². The van der Waals surface area contributed by atoms with Crippen LogP contribution in [0.5, 0.6) is 0 Å². The highest BCUT2D eigenvalue weighted by molar-refractivity contribution is 9.10. The van der Waals surface area contributed by atoms with Gasteiger partial charge >= 0.3 is 0 Å². The molecule has 32 heavy (non-hydrogen) atoms. The van der Waals surface area contributed by atoms with Crippen LogP contribution in [0, 0.1) is 0 Å². The van der Waals surface area contributed by atoms with Crippen LogP contribution >= 0.6 is 27.7 Å². The molecule has 0 saturated carbocycles. The van der Waals surface area contributed by atoms with Gasteiger partial charge in [-0.25, -0.2) is 5.43 Å². The van der Waals surface area contributed by atoms with Crippen molar-refractivity contribution in [2.75, 3.05) is 5.75 Å². The molecule has 0 atom stereocenters. The number of amides is 1. The molecule has 0 spiro atoms. The molecule has 0 radical (unpaired) electrons. The van der Waals surface area contributed by atoms with Crippen LogP contribution in [0.1, 0.15) is 19.4 Å². The molecule has 0 saturated heterocycles. The van der Waals surface area contributed by atoms with Crippen LogP contribution in [-0.2, 0) is 11.3 Å². The molecule has 3 rings (SSSR count). The molecule has 1 amide bonds. The normalized spacial score (nSPS) is 11.7. The molecule has 1 aromatic heterocycles. The maximum Gasteiger partial charge on any atom is 0.250 e. The van der Waals surface area contributed by atoms with Crippen LogP contribution < -0.4 is 5.43 Å². The van der Waals surface area contributed by atoms with Crippen LogP contribution in [0.2, 0.25) is 0 Å². The first-order chi connectivity index (χ1) is 15.4. The molecular weight excluding hydrogens is 486 g/mol. The van der Waals surface area contributed by atoms with Crippen molar-refractivity contribution < 1.29 is 4.79 Å². The van der Waals surface area contributed by atoms with Gasteiger partial charge in [0.2, 0.25) is 0 Å². The molecule has 0 fully saturated rings. The minimum Gasteiger partial charge on any atom is -0.298 e. The number of carbonyl (C=O) groups excluding carboxylic acids is 1. The molecule has 1 N–H and O–H groups in total. The minimum atomic E-state index is -0.214. The van der Waals surface area contributed by atoms with E-state index in [0.29, 0.717) is 11.7 Å². The predicted molar refractivity (Wildman–Crippen MR) is 135 cm³/mol. The number of hydrazone groups is 1. The highest BCUT2D eigenvalue weighted by Gasteiger charge is 2.15. The summed E-state index contributed by atoms with van der Waals surface area (Å²) in [4.78, 5) is 12.3. The molecule has 0 unspecified atom stereocenters. The number of hydrogen-bond acceptors (Lipinski definition) is 5. The molecule has 8 heteroatoms. The summed E-state index contributed by atoms with van der Waals surface area (Å²) in [6, 6.07) is 17.8. The van der Waals surface area contributed by atoms with Crippen molar-refractivity contribution in [1.82, 2.24) is 20.2 Å². The van der Waals surface area contributed by atoms with E-state index < -0.39 is 0 Å². The molecule has 3 aromatic rings. The third-order valence-corrected chi connectivity index (χ3v) is 5.73. The van der Waals surface area contributed by atoms with Crippen molar-refractivity contribution >= 4 is 45.9 Å². The van der Waals surface area contributed by atoms with Gasteiger partial charge in [0.1, 0.15) is 0 Å². The summed E-state index contributed by atoms with van der Waals surface area (Å²) < 4.78 is 2.97. The van der Waals surface area contributed by atoms with Crippen LogP contribution in [0.4, 0.5) is 0 Å². The summed E-state index contributed by atoms with van der Waals surface area (Å²) in [5.74, 6) is 0.699. The summed E-state index contributed by atoms with van der Waals surface area (Å²) >= 11 is 4.76. The molecule has 164 valence electrons. The number of halogens is 1. The Labute approximate surface area is 200 Å². The smallest absolute Gasteiger partial charge is 0.250 e. The highest BCUT2D eigenvalue weighted by Crippen LogP contribution is 2.26. The first-order valence-electron chi connectivity index (χ1n) is 9.94. The van der Waals surface area contributed by atoms with Gasteiger partial charge in [0, 0.05) is 16.6 Å². The van der Waals surface area contributed by atoms with E-state index in [4.69, 9.17) is 0 Å². The van der Waals surface area contributed by atoms with Crippen molar-refractivity contribution in [3.05, 3.63) is 82.4 Å². The van der Waals surface area contributed by atoms with Gasteiger partial charge < -0.3 is 0 Å². The first kappa shape index (κ1) is 23.7. The van der Waals surface area contributed by atoms with E-state index in [1.807, 2.05) is 79.1 Å². The van der Waals surface area contributed by atoms with Gasteiger partial charge in [0.05, 0.1) is 12.0 Å². The van der Waals surface area contributed by atoms with E-state index in [1.54, 1.807) is 6.21 Å². The third-order valence-electron chi connectivity index (χ3n) is 4.23. The average Bonchev–Trinajstić information content (AvgIpc) is 3.15. The Kier molecular flexibility index (Phi) is 8.58. The quantitative estimate of drug-likeness (QED) is 0.177. The number of allylic oxidation sites excluding steroid dienone is 2. The SMILES string of the molecule is C=C(C)Cn1c(SCC(=O)N/N=C\C(C)=C\c2ccccc2)nnc1-c1ccc(Br)cc1. The van der Waals surface area contributed by atoms with E-state index in [-0.39, 0.29) is 11.7 Å². The van der Waals surface area contributed by atoms with Gasteiger partial charge in [-0.15, -0.1) is 10.2 Å². The standard InChI is InChI=1S/C24H24BrN5OS/c1-17(2)15-30-23(20-9-11-21(25)12-10-20)28-29-24(30)32-16-22(31)27-26-14-18(3)13-19-7-5-4-6-8-19/h4-14H,1,15-16H2,2-3H3,(H,27,31)/b18-13+,26-14-. The number of nitrogens with zero attached hydrogens (tertiary/aromatic N) is 4. The number of hydrogen-bond donors (Lipinski definition) is 1. The number of rotatable bonds is 9. The maximum absolute atomic E-state index is 12.3. The summed E-state index contributed by atoms with van der Waals surface area (Å²) in [5.41, 5.74) is 6.50. The second kappa shape index (κ2) is 11.6. The fourth-order valence-corrected chi connectivity index (χ4v) is 3.83. The second-order valence-electron chi connectivity index (χ2n) is 7.24. The van der Waals surface area contributed by atoms with Gasteiger partial charge in [-0.1, -0.05) is 88.4 Å². The first-order valence-corrected chi connectivity index (χ1v) is 11.7. The molecule has 6 nitrogen and oxygen atoms in total. The van der Waals surface area contributed by atoms with Crippen molar-refractivity contribution in [2.45, 2.75) is 25.5 Å². The zero-order chi connectivity index (χ0) is 22.9. The Hall–Kier alpha value is -2.97. The lowest BCUT2D eigenvalue weighted by Crippen LogP contribution is -2.20. The fraction of sp³-hybridized carbons (Fsp3) is 0.167. The Morgan fingerprint density at radius 1 is 1.16 bits per heavy atom. The number of nitrogens with one attached hydrogen (secondary N) is 1. The number of thioether (sulfide) groups is 1. The third kappa shape index (κ3) is 7.03. The number of benzene rings is 2. The van der Waals surface area contributed by atoms with E-state index in [1.165, 1.54) is 11.8 Å². The molecular formula is C24H24BrN5OS. The lowest BCUT2D eigenvalue weighted by Gasteiger charge is -2.10. The number of aromatic nitrogens is 3. The number of carbonyl (C=O) groups is 1. The maximum atomic E-state index is 12.3. The average molecular weight is 510 g/mol. The van der Waals surface area contributed by atoms with Crippen molar-refractivity contribution in [3.63, 3.8) is 0 Å². The van der Waals surface area contributed by atoms with Gasteiger partial charge in [0.25, 0.3) is 5.91 Å². The summed E-state index contributed by atoms with van der Waals surface area (Å²) in [5, 5.41) is 13.3. The van der Waals surface area contributed by atoms with Gasteiger partial charge in [-0.2, -0.15) is 5.10 Å². The van der Waals surface area contributed by atoms with Crippen LogP contribution in [0.25, 0.3) is 17.5 Å². The van der Waals surface area contributed by atoms with E-state index in [0.717, 1.165) is 32.6 Å². The Morgan fingerprint density at radius 3 is 2.56 bits per heavy atom. The van der Waals surface area contributed by atoms with Crippen molar-refractivity contribution in [1.29, 1.82) is 0 Å². The molecule has 0 aliphatic rings. The Bertz CT molecular complexity index is 1140. The van der Waals surface area contributed by atoms with Crippen LogP contribution in [-0.4, -0.2) is 32.6 Å². The van der Waals surface area contributed by atoms with Crippen LogP contribution in [0.3, 0.4) is 0 Å². The van der Waals surface area contributed by atoms with E-state index in [9.17, 15) is 4.79 Å². The molecule has 2 aromatic carbocycles. The molecule has 0 aliphatic carbocycles. The zero-order valence-electron chi connectivity index (χ0n) is 18.0. The summed E-state index contributed by atoms with van der Waals surface area (Å²) in [6.45, 7) is 8.46. The van der Waals surface area contributed by atoms with E-state index in [2.05, 4.69) is 43.2 Å². The fourth-order valence-electron chi connectivity index (χ4n) is 2.84. The molecule has 1 heterocycles. The zero-order valence-corrected chi connectivity index (χ0v) is 20.4. The molecule has 0 bridgehead atoms. The highest BCUT2D eigenvalue weighted by atomic mass is 79.9. The predicted octanol–water partition coefficient (Wildman–Crippen LogP) is 5.58. The Balaban J connectivity index is 1.62. The van der Waals surface area contributed by atoms with Gasteiger partial charge in [-0.3, -0.25) is 9.36 Å². The monoisotopic (exact) mass is 509 g/mol. The lowest BCUT2D eigenvalue weighted by molar-refractivity contribution is -0.118.